The second-order valence-corrected chi connectivity index (χ2v) is 6.94. The first-order valence-electron chi connectivity index (χ1n) is 9.01. The van der Waals surface area contributed by atoms with E-state index < -0.39 is 0 Å². The van der Waals surface area contributed by atoms with Gasteiger partial charge >= 0.3 is 0 Å². The molecule has 1 aliphatic heterocycles. The molecule has 2 aromatic carbocycles. The molecule has 0 aliphatic carbocycles. The monoisotopic (exact) mass is 408 g/mol. The minimum Gasteiger partial charge on any atom is -0.484 e. The molecule has 0 saturated heterocycles. The predicted molar refractivity (Wildman–Crippen MR) is 108 cm³/mol. The molecule has 1 unspecified atom stereocenters. The van der Waals surface area contributed by atoms with E-state index in [9.17, 15) is 9.59 Å². The number of hydrazone groups is 1. The fraction of sp³-hybridized carbons (Fsp3) is 0.136. The summed E-state index contributed by atoms with van der Waals surface area (Å²) in [5.74, 6) is 0.777. The quantitative estimate of drug-likeness (QED) is 0.563. The third-order valence-corrected chi connectivity index (χ3v) is 4.82. The van der Waals surface area contributed by atoms with Crippen molar-refractivity contribution in [3.8, 4) is 5.75 Å². The zero-order chi connectivity index (χ0) is 20.2. The van der Waals surface area contributed by atoms with E-state index in [1.54, 1.807) is 48.7 Å². The molecule has 3 aromatic rings. The van der Waals surface area contributed by atoms with E-state index in [0.29, 0.717) is 28.5 Å². The lowest BCUT2D eigenvalue weighted by Crippen LogP contribution is -2.31. The fourth-order valence-electron chi connectivity index (χ4n) is 3.15. The smallest absolute Gasteiger partial charge is 0.281 e. The van der Waals surface area contributed by atoms with Crippen LogP contribution in [-0.2, 0) is 4.79 Å². The Bertz CT molecular complexity index is 1040. The number of amides is 1. The van der Waals surface area contributed by atoms with Gasteiger partial charge in [-0.15, -0.1) is 0 Å². The molecular weight excluding hydrogens is 392 g/mol. The lowest BCUT2D eigenvalue weighted by Gasteiger charge is -2.20. The van der Waals surface area contributed by atoms with Crippen molar-refractivity contribution in [3.63, 3.8) is 0 Å². The van der Waals surface area contributed by atoms with Crippen molar-refractivity contribution in [1.82, 2.24) is 5.01 Å². The van der Waals surface area contributed by atoms with Crippen LogP contribution in [0.2, 0.25) is 5.02 Å². The summed E-state index contributed by atoms with van der Waals surface area (Å²) >= 11 is 5.97. The van der Waals surface area contributed by atoms with Gasteiger partial charge in [0.25, 0.3) is 5.91 Å². The van der Waals surface area contributed by atoms with E-state index in [4.69, 9.17) is 20.8 Å². The Labute approximate surface area is 172 Å². The van der Waals surface area contributed by atoms with E-state index in [1.807, 2.05) is 18.2 Å². The maximum atomic E-state index is 12.9. The van der Waals surface area contributed by atoms with Crippen LogP contribution in [0.5, 0.6) is 5.75 Å². The number of benzene rings is 2. The van der Waals surface area contributed by atoms with Crippen LogP contribution in [-0.4, -0.2) is 29.5 Å². The number of ether oxygens (including phenoxy) is 1. The van der Waals surface area contributed by atoms with Crippen molar-refractivity contribution in [3.05, 3.63) is 88.8 Å². The number of rotatable bonds is 6. The van der Waals surface area contributed by atoms with Crippen molar-refractivity contribution in [2.24, 2.45) is 5.10 Å². The van der Waals surface area contributed by atoms with Gasteiger partial charge < -0.3 is 9.15 Å². The van der Waals surface area contributed by atoms with Gasteiger partial charge in [0.05, 0.1) is 12.0 Å². The van der Waals surface area contributed by atoms with Crippen molar-refractivity contribution < 1.29 is 18.7 Å². The summed E-state index contributed by atoms with van der Waals surface area (Å²) in [4.78, 5) is 23.8. The van der Waals surface area contributed by atoms with Gasteiger partial charge in [0.2, 0.25) is 0 Å². The summed E-state index contributed by atoms with van der Waals surface area (Å²) in [5.41, 5.74) is 2.13. The molecule has 0 fully saturated rings. The molecular formula is C22H17ClN2O4. The van der Waals surface area contributed by atoms with Crippen LogP contribution in [0.25, 0.3) is 0 Å². The van der Waals surface area contributed by atoms with E-state index in [1.165, 1.54) is 5.01 Å². The SMILES string of the molecule is O=Cc1cccc(OCC(=O)N2N=C(c3ccc(Cl)cc3)CC2c2ccco2)c1. The van der Waals surface area contributed by atoms with Gasteiger partial charge in [-0.05, 0) is 42.0 Å². The molecule has 7 heteroatoms. The number of halogens is 1. The highest BCUT2D eigenvalue weighted by atomic mass is 35.5. The molecule has 0 bridgehead atoms. The highest BCUT2D eigenvalue weighted by Crippen LogP contribution is 2.33. The number of carbonyl (C=O) groups is 2. The molecule has 146 valence electrons. The first-order chi connectivity index (χ1) is 14.1. The highest BCUT2D eigenvalue weighted by molar-refractivity contribution is 6.30. The minimum absolute atomic E-state index is 0.211. The lowest BCUT2D eigenvalue weighted by atomic mass is 10.0. The Kier molecular flexibility index (Phi) is 5.44. The van der Waals surface area contributed by atoms with Crippen LogP contribution < -0.4 is 4.74 Å². The second kappa shape index (κ2) is 8.32. The zero-order valence-corrected chi connectivity index (χ0v) is 16.1. The Balaban J connectivity index is 1.54. The summed E-state index contributed by atoms with van der Waals surface area (Å²) < 4.78 is 11.1. The minimum atomic E-state index is -0.354. The predicted octanol–water partition coefficient (Wildman–Crippen LogP) is 4.50. The Morgan fingerprint density at radius 3 is 2.76 bits per heavy atom. The van der Waals surface area contributed by atoms with Crippen LogP contribution >= 0.6 is 11.6 Å². The summed E-state index contributed by atoms with van der Waals surface area (Å²) in [6.07, 6.45) is 2.81. The van der Waals surface area contributed by atoms with Gasteiger partial charge in [-0.25, -0.2) is 5.01 Å². The van der Waals surface area contributed by atoms with Gasteiger partial charge in [-0.3, -0.25) is 9.59 Å². The number of nitrogens with zero attached hydrogens (tertiary/aromatic N) is 2. The molecule has 4 rings (SSSR count). The second-order valence-electron chi connectivity index (χ2n) is 6.51. The maximum Gasteiger partial charge on any atom is 0.281 e. The summed E-state index contributed by atoms with van der Waals surface area (Å²) in [7, 11) is 0. The summed E-state index contributed by atoms with van der Waals surface area (Å²) in [6, 6.07) is 17.2. The maximum absolute atomic E-state index is 12.9. The van der Waals surface area contributed by atoms with Crippen LogP contribution in [0.3, 0.4) is 0 Å². The first-order valence-corrected chi connectivity index (χ1v) is 9.39. The Morgan fingerprint density at radius 2 is 2.03 bits per heavy atom. The van der Waals surface area contributed by atoms with E-state index in [2.05, 4.69) is 5.10 Å². The third kappa shape index (κ3) is 4.22. The number of furan rings is 1. The summed E-state index contributed by atoms with van der Waals surface area (Å²) in [6.45, 7) is -0.211. The molecule has 1 aliphatic rings. The zero-order valence-electron chi connectivity index (χ0n) is 15.3. The topological polar surface area (TPSA) is 72.1 Å². The van der Waals surface area contributed by atoms with E-state index in [-0.39, 0.29) is 18.6 Å². The third-order valence-electron chi connectivity index (χ3n) is 4.57. The number of carbonyl (C=O) groups excluding carboxylic acids is 2. The normalized spacial score (nSPS) is 15.8. The van der Waals surface area contributed by atoms with E-state index in [0.717, 1.165) is 17.6 Å². The molecule has 0 spiro atoms. The molecule has 0 radical (unpaired) electrons. The van der Waals surface area contributed by atoms with Gasteiger partial charge in [0.15, 0.2) is 6.61 Å². The van der Waals surface area contributed by atoms with Crippen molar-refractivity contribution >= 4 is 29.5 Å². The van der Waals surface area contributed by atoms with Gasteiger partial charge in [-0.1, -0.05) is 35.9 Å². The molecule has 1 amide bonds. The molecule has 29 heavy (non-hydrogen) atoms. The van der Waals surface area contributed by atoms with Crippen LogP contribution in [0.15, 0.2) is 76.4 Å². The van der Waals surface area contributed by atoms with Gasteiger partial charge in [-0.2, -0.15) is 5.10 Å². The number of aldehydes is 1. The molecule has 0 N–H and O–H groups in total. The van der Waals surface area contributed by atoms with Gasteiger partial charge in [0.1, 0.15) is 23.8 Å². The fourth-order valence-corrected chi connectivity index (χ4v) is 3.27. The van der Waals surface area contributed by atoms with Crippen LogP contribution in [0.4, 0.5) is 0 Å². The Morgan fingerprint density at radius 1 is 1.21 bits per heavy atom. The average molecular weight is 409 g/mol. The van der Waals surface area contributed by atoms with Gasteiger partial charge in [0, 0.05) is 17.0 Å². The molecule has 1 aromatic heterocycles. The summed E-state index contributed by atoms with van der Waals surface area (Å²) in [5, 5.41) is 6.56. The number of hydrogen-bond donors (Lipinski definition) is 0. The van der Waals surface area contributed by atoms with Crippen LogP contribution in [0, 0.1) is 0 Å². The van der Waals surface area contributed by atoms with E-state index >= 15 is 0 Å². The number of hydrogen-bond acceptors (Lipinski definition) is 5. The highest BCUT2D eigenvalue weighted by Gasteiger charge is 2.35. The Hall–Kier alpha value is -3.38. The molecule has 1 atom stereocenters. The van der Waals surface area contributed by atoms with Crippen LogP contribution in [0.1, 0.15) is 34.1 Å². The van der Waals surface area contributed by atoms with Crippen molar-refractivity contribution in [2.45, 2.75) is 12.5 Å². The molecule has 2 heterocycles. The molecule has 0 saturated carbocycles. The first kappa shape index (κ1) is 19.0. The molecule has 6 nitrogen and oxygen atoms in total. The lowest BCUT2D eigenvalue weighted by molar-refractivity contribution is -0.135. The average Bonchev–Trinajstić information content (AvgIpc) is 3.42. The largest absolute Gasteiger partial charge is 0.484 e. The standard InChI is InChI=1S/C22H17ClN2O4/c23-17-8-6-16(7-9-17)19-12-20(21-5-2-10-28-21)25(24-19)22(27)14-29-18-4-1-3-15(11-18)13-26/h1-11,13,20H,12,14H2. The van der Waals surface area contributed by atoms with Crippen molar-refractivity contribution in [2.75, 3.05) is 6.61 Å². The van der Waals surface area contributed by atoms with Crippen molar-refractivity contribution in [1.29, 1.82) is 0 Å².